The summed E-state index contributed by atoms with van der Waals surface area (Å²) in [6.45, 7) is 43.3. The van der Waals surface area contributed by atoms with Crippen molar-refractivity contribution in [3.63, 3.8) is 0 Å². The third kappa shape index (κ3) is 78.1. The van der Waals surface area contributed by atoms with Gasteiger partial charge in [-0.1, -0.05) is 285 Å². The smallest absolute Gasteiger partial charge is 0.0184 e. The minimum atomic E-state index is 0.809. The van der Waals surface area contributed by atoms with Crippen molar-refractivity contribution in [1.82, 2.24) is 0 Å². The molecule has 0 radical (unpaired) electrons. The molecule has 4 aromatic carbocycles. The van der Waals surface area contributed by atoms with Gasteiger partial charge in [0, 0.05) is 0 Å². The van der Waals surface area contributed by atoms with Gasteiger partial charge in [0.2, 0.25) is 0 Å². The van der Waals surface area contributed by atoms with E-state index in [1.54, 1.807) is 0 Å². The summed E-state index contributed by atoms with van der Waals surface area (Å²) < 4.78 is 0. The van der Waals surface area contributed by atoms with Gasteiger partial charge in [-0.3, -0.25) is 0 Å². The van der Waals surface area contributed by atoms with Crippen molar-refractivity contribution in [2.24, 2.45) is 35.5 Å². The molecule has 0 saturated heterocycles. The van der Waals surface area contributed by atoms with E-state index in [1.165, 1.54) is 36.5 Å². The Morgan fingerprint density at radius 2 is 0.463 bits per heavy atom. The molecule has 0 atom stereocenters. The largest absolute Gasteiger partial charge is 0.0883 e. The molecule has 0 amide bonds. The maximum atomic E-state index is 2.30. The highest BCUT2D eigenvalue weighted by Crippen LogP contribution is 2.11. The summed E-state index contributed by atoms with van der Waals surface area (Å²) in [6, 6.07) is 40.7. The molecule has 0 spiro atoms. The van der Waals surface area contributed by atoms with Crippen LogP contribution < -0.4 is 0 Å². The van der Waals surface area contributed by atoms with Gasteiger partial charge in [-0.15, -0.1) is 0 Å². The van der Waals surface area contributed by atoms with Gasteiger partial charge in [0.1, 0.15) is 0 Å². The summed E-state index contributed by atoms with van der Waals surface area (Å²) in [4.78, 5) is 0. The molecule has 0 aliphatic carbocycles. The second-order valence-electron chi connectivity index (χ2n) is 15.5. The van der Waals surface area contributed by atoms with E-state index in [9.17, 15) is 0 Å². The molecule has 0 aliphatic rings. The fourth-order valence-corrected chi connectivity index (χ4v) is 2.64. The lowest BCUT2D eigenvalue weighted by atomic mass is 10.1. The Morgan fingerprint density at radius 1 is 0.315 bits per heavy atom. The van der Waals surface area contributed by atoms with E-state index in [1.807, 2.05) is 100 Å². The molecule has 54 heavy (non-hydrogen) atoms. The number of hydrogen-bond acceptors (Lipinski definition) is 0. The molecular weight excluding hydrogens is 649 g/mol. The zero-order valence-electron chi connectivity index (χ0n) is 40.0. The Morgan fingerprint density at radius 3 is 0.574 bits per heavy atom. The van der Waals surface area contributed by atoms with Crippen molar-refractivity contribution in [3.8, 4) is 0 Å². The summed E-state index contributed by atoms with van der Waals surface area (Å²) >= 11 is 0. The first-order chi connectivity index (χ1) is 25.6. The van der Waals surface area contributed by atoms with Gasteiger partial charge < -0.3 is 0 Å². The highest BCUT2D eigenvalue weighted by molar-refractivity contribution is 5.82. The SMILES string of the molecule is CC.CC.CC(C)C.CC(C)C.CC(C)C/C=C/CC(C)C.CCC(C)C.CCC(C)C.c1ccc2ccccc2c1.c1ccccc1.c1ccccc1. The van der Waals surface area contributed by atoms with Crippen LogP contribution in [0.2, 0.25) is 0 Å². The molecule has 0 unspecified atom stereocenters. The van der Waals surface area contributed by atoms with E-state index >= 15 is 0 Å². The monoisotopic (exact) mass is 745 g/mol. The van der Waals surface area contributed by atoms with Crippen LogP contribution in [-0.4, -0.2) is 0 Å². The van der Waals surface area contributed by atoms with Crippen LogP contribution in [0.4, 0.5) is 0 Å². The molecule has 4 rings (SSSR count). The van der Waals surface area contributed by atoms with Crippen molar-refractivity contribution in [3.05, 3.63) is 133 Å². The second kappa shape index (κ2) is 54.2. The van der Waals surface area contributed by atoms with Gasteiger partial charge >= 0.3 is 0 Å². The van der Waals surface area contributed by atoms with Crippen LogP contribution >= 0.6 is 0 Å². The minimum Gasteiger partial charge on any atom is -0.0883 e. The lowest BCUT2D eigenvalue weighted by Crippen LogP contribution is -1.84. The Kier molecular flexibility index (Phi) is 63.1. The van der Waals surface area contributed by atoms with E-state index in [0.29, 0.717) is 0 Å². The third-order valence-corrected chi connectivity index (χ3v) is 6.01. The van der Waals surface area contributed by atoms with Crippen LogP contribution in [0.1, 0.15) is 164 Å². The number of fused-ring (bicyclic) bond motifs is 1. The van der Waals surface area contributed by atoms with Gasteiger partial charge in [-0.05, 0) is 59.1 Å². The van der Waals surface area contributed by atoms with Crippen molar-refractivity contribution < 1.29 is 0 Å². The maximum Gasteiger partial charge on any atom is -0.0184 e. The van der Waals surface area contributed by atoms with Gasteiger partial charge in [-0.2, -0.15) is 0 Å². The van der Waals surface area contributed by atoms with Crippen LogP contribution in [0, 0.1) is 35.5 Å². The van der Waals surface area contributed by atoms with Gasteiger partial charge in [0.05, 0.1) is 0 Å². The first kappa shape index (κ1) is 62.8. The molecule has 0 saturated carbocycles. The molecule has 4 aromatic rings. The lowest BCUT2D eigenvalue weighted by Gasteiger charge is -1.98. The van der Waals surface area contributed by atoms with Gasteiger partial charge in [0.25, 0.3) is 0 Å². The summed E-state index contributed by atoms with van der Waals surface area (Å²) in [5.74, 6) is 5.05. The van der Waals surface area contributed by atoms with Crippen LogP contribution in [0.15, 0.2) is 133 Å². The van der Waals surface area contributed by atoms with E-state index in [-0.39, 0.29) is 0 Å². The summed E-state index contributed by atoms with van der Waals surface area (Å²) in [6.07, 6.45) is 9.66. The van der Waals surface area contributed by atoms with E-state index in [0.717, 1.165) is 35.5 Å². The first-order valence-corrected chi connectivity index (χ1v) is 21.7. The average Bonchev–Trinajstić information content (AvgIpc) is 3.17. The summed E-state index contributed by atoms with van der Waals surface area (Å²) in [5.41, 5.74) is 0. The predicted molar refractivity (Wildman–Crippen MR) is 259 cm³/mol. The third-order valence-electron chi connectivity index (χ3n) is 6.01. The normalized spacial score (nSPS) is 9.22. The van der Waals surface area contributed by atoms with Crippen molar-refractivity contribution in [2.45, 2.75) is 164 Å². The number of hydrogen-bond donors (Lipinski definition) is 0. The number of rotatable bonds is 6. The molecular formula is C54H96. The molecule has 0 nitrogen and oxygen atoms in total. The van der Waals surface area contributed by atoms with E-state index < -0.39 is 0 Å². The average molecular weight is 745 g/mol. The second-order valence-corrected chi connectivity index (χ2v) is 15.5. The molecule has 0 aromatic heterocycles. The molecule has 0 fully saturated rings. The first-order valence-electron chi connectivity index (χ1n) is 21.7. The fraction of sp³-hybridized carbons (Fsp3) is 0.556. The number of allylic oxidation sites excluding steroid dienone is 2. The quantitative estimate of drug-likeness (QED) is 0.172. The van der Waals surface area contributed by atoms with E-state index in [2.05, 4.69) is 171 Å². The topological polar surface area (TPSA) is 0 Å². The summed E-state index contributed by atoms with van der Waals surface area (Å²) in [7, 11) is 0. The zero-order valence-corrected chi connectivity index (χ0v) is 40.0. The Labute approximate surface area is 342 Å². The Bertz CT molecular complexity index is 952. The van der Waals surface area contributed by atoms with Crippen molar-refractivity contribution >= 4 is 10.8 Å². The van der Waals surface area contributed by atoms with Crippen LogP contribution in [-0.2, 0) is 0 Å². The lowest BCUT2D eigenvalue weighted by molar-refractivity contribution is 0.626. The predicted octanol–water partition coefficient (Wildman–Crippen LogP) is 19.3. The van der Waals surface area contributed by atoms with E-state index in [4.69, 9.17) is 0 Å². The zero-order chi connectivity index (χ0) is 43.0. The van der Waals surface area contributed by atoms with Crippen LogP contribution in [0.3, 0.4) is 0 Å². The maximum absolute atomic E-state index is 2.30. The fourth-order valence-electron chi connectivity index (χ4n) is 2.64. The van der Waals surface area contributed by atoms with Gasteiger partial charge in [0.15, 0.2) is 0 Å². The molecule has 312 valence electrons. The Balaban J connectivity index is -0.000000123. The molecule has 0 heteroatoms. The molecule has 0 aliphatic heterocycles. The van der Waals surface area contributed by atoms with Crippen molar-refractivity contribution in [1.29, 1.82) is 0 Å². The molecule has 0 heterocycles. The van der Waals surface area contributed by atoms with Crippen LogP contribution in [0.25, 0.3) is 10.8 Å². The molecule has 0 N–H and O–H groups in total. The highest BCUT2D eigenvalue weighted by Gasteiger charge is 1.89. The van der Waals surface area contributed by atoms with Crippen molar-refractivity contribution in [2.75, 3.05) is 0 Å². The highest BCUT2D eigenvalue weighted by atomic mass is 14.0. The molecule has 0 bridgehead atoms. The number of benzene rings is 4. The minimum absolute atomic E-state index is 0.809. The Hall–Kier alpha value is -3.12. The summed E-state index contributed by atoms with van der Waals surface area (Å²) in [5, 5.41) is 2.62. The standard InChI is InChI=1S/C10H8.C10H20.2C6H6.2C5H12.2C4H10.2C2H6/c1-2-6-10-8-4-3-7-9(10)5-1;1-9(2)7-5-6-8-10(3)4;2*1-2-4-6-5-3-1;2*1-4-5(2)3;2*1-4(2)3;2*1-2/h1-8H;5-6,9-10H,7-8H2,1-4H3;2*1-6H;2*5H,4H2,1-3H3;2*4H,1-3H3;2*1-2H3/b;6-5+;;;;;;;;. The van der Waals surface area contributed by atoms with Gasteiger partial charge in [-0.25, -0.2) is 0 Å². The van der Waals surface area contributed by atoms with Crippen LogP contribution in [0.5, 0.6) is 0 Å².